The molecule has 2 rings (SSSR count). The Bertz CT molecular complexity index is 327. The summed E-state index contributed by atoms with van der Waals surface area (Å²) in [6.45, 7) is 0.573. The standard InChI is InChI=1S/C12H12O2/c1-2-6-11(7-3-1)10-14-12-8-4-5-9-13-12/h1-9,12H,10H2. The van der Waals surface area contributed by atoms with Crippen LogP contribution in [0.5, 0.6) is 0 Å². The Morgan fingerprint density at radius 3 is 2.71 bits per heavy atom. The summed E-state index contributed by atoms with van der Waals surface area (Å²) in [5, 5.41) is 0. The number of hydrogen-bond acceptors (Lipinski definition) is 2. The lowest BCUT2D eigenvalue weighted by molar-refractivity contribution is -0.0827. The monoisotopic (exact) mass is 188 g/mol. The molecule has 2 heteroatoms. The second kappa shape index (κ2) is 4.63. The summed E-state index contributed by atoms with van der Waals surface area (Å²) in [6, 6.07) is 10.0. The summed E-state index contributed by atoms with van der Waals surface area (Å²) < 4.78 is 10.7. The van der Waals surface area contributed by atoms with Crippen LogP contribution in [0.4, 0.5) is 0 Å². The molecule has 0 spiro atoms. The molecule has 0 saturated carbocycles. The van der Waals surface area contributed by atoms with Crippen molar-refractivity contribution in [3.8, 4) is 0 Å². The highest BCUT2D eigenvalue weighted by Gasteiger charge is 2.05. The molecule has 0 amide bonds. The van der Waals surface area contributed by atoms with Crippen molar-refractivity contribution in [2.24, 2.45) is 0 Å². The lowest BCUT2D eigenvalue weighted by atomic mass is 10.2. The number of ether oxygens (including phenoxy) is 2. The second-order valence-electron chi connectivity index (χ2n) is 3.01. The summed E-state index contributed by atoms with van der Waals surface area (Å²) in [6.07, 6.45) is 7.01. The third-order valence-corrected chi connectivity index (χ3v) is 1.93. The zero-order valence-corrected chi connectivity index (χ0v) is 7.80. The Morgan fingerprint density at radius 2 is 2.00 bits per heavy atom. The predicted octanol–water partition coefficient (Wildman–Crippen LogP) is 2.63. The minimum absolute atomic E-state index is 0.250. The predicted molar refractivity (Wildman–Crippen MR) is 54.4 cm³/mol. The van der Waals surface area contributed by atoms with Gasteiger partial charge in [0.25, 0.3) is 0 Å². The minimum atomic E-state index is -0.250. The number of rotatable bonds is 3. The summed E-state index contributed by atoms with van der Waals surface area (Å²) >= 11 is 0. The first kappa shape index (κ1) is 9.03. The van der Waals surface area contributed by atoms with Gasteiger partial charge in [-0.1, -0.05) is 36.4 Å². The molecule has 1 unspecified atom stereocenters. The van der Waals surface area contributed by atoms with Gasteiger partial charge in [-0.3, -0.25) is 0 Å². The molecule has 0 N–H and O–H groups in total. The van der Waals surface area contributed by atoms with Crippen molar-refractivity contribution in [2.75, 3.05) is 0 Å². The topological polar surface area (TPSA) is 18.5 Å². The molecule has 72 valence electrons. The molecule has 1 aliphatic heterocycles. The molecule has 1 atom stereocenters. The van der Waals surface area contributed by atoms with Gasteiger partial charge in [-0.2, -0.15) is 0 Å². The summed E-state index contributed by atoms with van der Waals surface area (Å²) in [7, 11) is 0. The first-order valence-corrected chi connectivity index (χ1v) is 4.59. The Hall–Kier alpha value is -1.54. The zero-order valence-electron chi connectivity index (χ0n) is 7.80. The second-order valence-corrected chi connectivity index (χ2v) is 3.01. The van der Waals surface area contributed by atoms with Crippen LogP contribution in [0, 0.1) is 0 Å². The number of benzene rings is 1. The van der Waals surface area contributed by atoms with Crippen LogP contribution < -0.4 is 0 Å². The highest BCUT2D eigenvalue weighted by Crippen LogP contribution is 2.08. The molecule has 0 fully saturated rings. The fraction of sp³-hybridized carbons (Fsp3) is 0.167. The van der Waals surface area contributed by atoms with Crippen molar-refractivity contribution >= 4 is 0 Å². The highest BCUT2D eigenvalue weighted by molar-refractivity contribution is 5.13. The first-order valence-electron chi connectivity index (χ1n) is 4.59. The van der Waals surface area contributed by atoms with Gasteiger partial charge in [0.15, 0.2) is 0 Å². The largest absolute Gasteiger partial charge is 0.469 e. The van der Waals surface area contributed by atoms with Crippen LogP contribution in [0.15, 0.2) is 54.8 Å². The maximum absolute atomic E-state index is 5.51. The van der Waals surface area contributed by atoms with Gasteiger partial charge in [-0.15, -0.1) is 0 Å². The molecule has 0 saturated heterocycles. The molecule has 0 radical (unpaired) electrons. The van der Waals surface area contributed by atoms with Gasteiger partial charge in [-0.05, 0) is 17.7 Å². The lowest BCUT2D eigenvalue weighted by Crippen LogP contribution is -2.12. The van der Waals surface area contributed by atoms with Gasteiger partial charge in [0.2, 0.25) is 6.29 Å². The third-order valence-electron chi connectivity index (χ3n) is 1.93. The zero-order chi connectivity index (χ0) is 9.64. The van der Waals surface area contributed by atoms with E-state index in [0.717, 1.165) is 5.56 Å². The van der Waals surface area contributed by atoms with Crippen molar-refractivity contribution in [3.05, 3.63) is 60.4 Å². The van der Waals surface area contributed by atoms with Crippen LogP contribution >= 0.6 is 0 Å². The van der Waals surface area contributed by atoms with Gasteiger partial charge >= 0.3 is 0 Å². The van der Waals surface area contributed by atoms with Gasteiger partial charge < -0.3 is 9.47 Å². The quantitative estimate of drug-likeness (QED) is 0.726. The van der Waals surface area contributed by atoms with Crippen LogP contribution in [-0.2, 0) is 16.1 Å². The van der Waals surface area contributed by atoms with E-state index in [4.69, 9.17) is 9.47 Å². The van der Waals surface area contributed by atoms with E-state index in [1.165, 1.54) is 0 Å². The third kappa shape index (κ3) is 2.47. The molecule has 1 aliphatic rings. The van der Waals surface area contributed by atoms with Crippen LogP contribution in [0.3, 0.4) is 0 Å². The van der Waals surface area contributed by atoms with Crippen molar-refractivity contribution in [2.45, 2.75) is 12.9 Å². The molecular formula is C12H12O2. The average Bonchev–Trinajstić information content (AvgIpc) is 2.29. The van der Waals surface area contributed by atoms with Crippen LogP contribution in [0.2, 0.25) is 0 Å². The van der Waals surface area contributed by atoms with Crippen molar-refractivity contribution in [1.29, 1.82) is 0 Å². The fourth-order valence-corrected chi connectivity index (χ4v) is 1.22. The molecule has 1 aromatic rings. The maximum Gasteiger partial charge on any atom is 0.219 e. The smallest absolute Gasteiger partial charge is 0.219 e. The van der Waals surface area contributed by atoms with E-state index in [2.05, 4.69) is 0 Å². The summed E-state index contributed by atoms with van der Waals surface area (Å²) in [4.78, 5) is 0. The molecular weight excluding hydrogens is 176 g/mol. The first-order chi connectivity index (χ1) is 6.95. The molecule has 1 aromatic carbocycles. The maximum atomic E-state index is 5.51. The molecule has 2 nitrogen and oxygen atoms in total. The molecule has 0 aromatic heterocycles. The lowest BCUT2D eigenvalue weighted by Gasteiger charge is -2.15. The van der Waals surface area contributed by atoms with Gasteiger partial charge in [0, 0.05) is 0 Å². The summed E-state index contributed by atoms with van der Waals surface area (Å²) in [5.74, 6) is 0. The van der Waals surface area contributed by atoms with E-state index in [1.807, 2.05) is 48.6 Å². The van der Waals surface area contributed by atoms with Crippen LogP contribution in [0.25, 0.3) is 0 Å². The van der Waals surface area contributed by atoms with Crippen molar-refractivity contribution in [3.63, 3.8) is 0 Å². The van der Waals surface area contributed by atoms with Gasteiger partial charge in [0.05, 0.1) is 12.9 Å². The van der Waals surface area contributed by atoms with Crippen LogP contribution in [-0.4, -0.2) is 6.29 Å². The van der Waals surface area contributed by atoms with Crippen molar-refractivity contribution < 1.29 is 9.47 Å². The number of hydrogen-bond donors (Lipinski definition) is 0. The van der Waals surface area contributed by atoms with E-state index in [0.29, 0.717) is 6.61 Å². The van der Waals surface area contributed by atoms with Crippen molar-refractivity contribution in [1.82, 2.24) is 0 Å². The molecule has 0 aliphatic carbocycles. The Morgan fingerprint density at radius 1 is 1.14 bits per heavy atom. The van der Waals surface area contributed by atoms with E-state index in [-0.39, 0.29) is 6.29 Å². The van der Waals surface area contributed by atoms with E-state index in [1.54, 1.807) is 6.26 Å². The van der Waals surface area contributed by atoms with E-state index >= 15 is 0 Å². The fourth-order valence-electron chi connectivity index (χ4n) is 1.22. The van der Waals surface area contributed by atoms with E-state index in [9.17, 15) is 0 Å². The SMILES string of the molecule is C1=COC(OCc2ccccc2)C=C1. The van der Waals surface area contributed by atoms with Crippen LogP contribution in [0.1, 0.15) is 5.56 Å². The van der Waals surface area contributed by atoms with Gasteiger partial charge in [-0.25, -0.2) is 0 Å². The highest BCUT2D eigenvalue weighted by atomic mass is 16.7. The van der Waals surface area contributed by atoms with E-state index < -0.39 is 0 Å². The molecule has 1 heterocycles. The average molecular weight is 188 g/mol. The Labute approximate surface area is 83.5 Å². The normalized spacial score (nSPS) is 19.3. The summed E-state index contributed by atoms with van der Waals surface area (Å²) in [5.41, 5.74) is 1.15. The molecule has 14 heavy (non-hydrogen) atoms. The Kier molecular flexibility index (Phi) is 2.99. The molecule has 0 bridgehead atoms. The Balaban J connectivity index is 1.83. The minimum Gasteiger partial charge on any atom is -0.469 e. The number of allylic oxidation sites excluding steroid dienone is 2. The van der Waals surface area contributed by atoms with Gasteiger partial charge in [0.1, 0.15) is 0 Å².